The molecule has 2 fully saturated rings. The number of nitriles is 1. The number of likely N-dealkylation sites (tertiary alicyclic amines) is 1. The molecule has 1 aromatic rings. The van der Waals surface area contributed by atoms with Gasteiger partial charge in [0.05, 0.1) is 31.4 Å². The van der Waals surface area contributed by atoms with Crippen LogP contribution in [0.4, 0.5) is 0 Å². The summed E-state index contributed by atoms with van der Waals surface area (Å²) in [6, 6.07) is 9.50. The summed E-state index contributed by atoms with van der Waals surface area (Å²) < 4.78 is 5.55. The number of morpholine rings is 1. The number of carbonyl (C=O) groups is 1. The van der Waals surface area contributed by atoms with Gasteiger partial charge >= 0.3 is 0 Å². The molecule has 2 saturated heterocycles. The monoisotopic (exact) mass is 367 g/mol. The highest BCUT2D eigenvalue weighted by molar-refractivity contribution is 5.85. The molecular formula is C20H25N5O2. The number of hydrogen-bond acceptors (Lipinski definition) is 6. The van der Waals surface area contributed by atoms with E-state index in [1.54, 1.807) is 6.07 Å². The van der Waals surface area contributed by atoms with E-state index in [9.17, 15) is 10.1 Å². The van der Waals surface area contributed by atoms with Crippen LogP contribution in [-0.4, -0.2) is 65.5 Å². The number of nitrogens with zero attached hydrogens (tertiary/aromatic N) is 4. The molecular weight excluding hydrogens is 342 g/mol. The molecule has 0 radical (unpaired) electrons. The van der Waals surface area contributed by atoms with Crippen molar-refractivity contribution in [1.82, 2.24) is 14.7 Å². The maximum absolute atomic E-state index is 13.3. The van der Waals surface area contributed by atoms with Gasteiger partial charge in [-0.2, -0.15) is 5.26 Å². The zero-order chi connectivity index (χ0) is 18.8. The van der Waals surface area contributed by atoms with Crippen molar-refractivity contribution < 1.29 is 9.53 Å². The van der Waals surface area contributed by atoms with E-state index in [0.717, 1.165) is 37.3 Å². The first-order valence-corrected chi connectivity index (χ1v) is 9.52. The quantitative estimate of drug-likeness (QED) is 0.851. The molecule has 7 nitrogen and oxygen atoms in total. The largest absolute Gasteiger partial charge is 0.377 e. The molecule has 0 spiro atoms. The lowest BCUT2D eigenvalue weighted by atomic mass is 10.0. The van der Waals surface area contributed by atoms with Crippen LogP contribution in [0.2, 0.25) is 0 Å². The topological polar surface area (TPSA) is 85.8 Å². The van der Waals surface area contributed by atoms with Crippen LogP contribution in [0.5, 0.6) is 0 Å². The minimum absolute atomic E-state index is 0.0269. The lowest BCUT2D eigenvalue weighted by molar-refractivity contribution is -0.144. The number of rotatable bonds is 3. The zero-order valence-corrected chi connectivity index (χ0v) is 15.4. The predicted molar refractivity (Wildman–Crippen MR) is 99.9 cm³/mol. The average Bonchev–Trinajstić information content (AvgIpc) is 2.70. The van der Waals surface area contributed by atoms with Crippen LogP contribution in [0.25, 0.3) is 0 Å². The summed E-state index contributed by atoms with van der Waals surface area (Å²) in [5, 5.41) is 9.43. The van der Waals surface area contributed by atoms with Gasteiger partial charge in [0.25, 0.3) is 5.91 Å². The summed E-state index contributed by atoms with van der Waals surface area (Å²) in [6.07, 6.45) is 4.11. The Hall–Kier alpha value is -2.56. The van der Waals surface area contributed by atoms with Crippen molar-refractivity contribution >= 4 is 5.91 Å². The van der Waals surface area contributed by atoms with Gasteiger partial charge in [-0.15, -0.1) is 0 Å². The fourth-order valence-electron chi connectivity index (χ4n) is 4.06. The number of ether oxygens (including phenoxy) is 1. The van der Waals surface area contributed by atoms with E-state index in [2.05, 4.69) is 22.1 Å². The van der Waals surface area contributed by atoms with Crippen LogP contribution < -0.4 is 5.73 Å². The van der Waals surface area contributed by atoms with Gasteiger partial charge in [-0.1, -0.05) is 18.2 Å². The molecule has 2 atom stereocenters. The van der Waals surface area contributed by atoms with Crippen LogP contribution in [0.1, 0.15) is 24.0 Å². The SMILES string of the molecule is N#Cc1ccccc1CN1C(=O)C2COCCN2C=C1N1CCC[C@@H](N)C1. The molecule has 1 unspecified atom stereocenters. The van der Waals surface area contributed by atoms with Crippen molar-refractivity contribution in [3.05, 3.63) is 47.4 Å². The Morgan fingerprint density at radius 1 is 1.30 bits per heavy atom. The summed E-state index contributed by atoms with van der Waals surface area (Å²) >= 11 is 0. The molecule has 3 aliphatic heterocycles. The molecule has 7 heteroatoms. The Kier molecular flexibility index (Phi) is 5.01. The second-order valence-electron chi connectivity index (χ2n) is 7.36. The van der Waals surface area contributed by atoms with Gasteiger partial charge in [-0.25, -0.2) is 0 Å². The van der Waals surface area contributed by atoms with Crippen molar-refractivity contribution in [3.63, 3.8) is 0 Å². The number of amides is 1. The normalized spacial score (nSPS) is 25.7. The Labute approximate surface area is 159 Å². The van der Waals surface area contributed by atoms with E-state index < -0.39 is 0 Å². The molecule has 0 bridgehead atoms. The van der Waals surface area contributed by atoms with Crippen LogP contribution in [0, 0.1) is 11.3 Å². The Bertz CT molecular complexity index is 787. The second kappa shape index (κ2) is 7.59. The van der Waals surface area contributed by atoms with Gasteiger partial charge in [-0.05, 0) is 24.5 Å². The molecule has 1 amide bonds. The van der Waals surface area contributed by atoms with Gasteiger partial charge in [0.1, 0.15) is 11.9 Å². The highest BCUT2D eigenvalue weighted by atomic mass is 16.5. The van der Waals surface area contributed by atoms with Crippen molar-refractivity contribution in [3.8, 4) is 6.07 Å². The Morgan fingerprint density at radius 3 is 2.96 bits per heavy atom. The van der Waals surface area contributed by atoms with E-state index >= 15 is 0 Å². The average molecular weight is 367 g/mol. The third kappa shape index (κ3) is 3.51. The van der Waals surface area contributed by atoms with Gasteiger partial charge in [-0.3, -0.25) is 9.69 Å². The number of fused-ring (bicyclic) bond motifs is 1. The smallest absolute Gasteiger partial charge is 0.253 e. The van der Waals surface area contributed by atoms with E-state index in [1.807, 2.05) is 23.1 Å². The molecule has 3 aliphatic rings. The molecule has 0 aromatic heterocycles. The predicted octanol–water partition coefficient (Wildman–Crippen LogP) is 0.823. The Balaban J connectivity index is 1.68. The van der Waals surface area contributed by atoms with Gasteiger partial charge in [0.2, 0.25) is 0 Å². The number of benzene rings is 1. The van der Waals surface area contributed by atoms with Crippen LogP contribution in [-0.2, 0) is 16.1 Å². The van der Waals surface area contributed by atoms with Gasteiger partial charge in [0.15, 0.2) is 0 Å². The first-order chi connectivity index (χ1) is 13.2. The molecule has 4 rings (SSSR count). The molecule has 1 aromatic carbocycles. The maximum Gasteiger partial charge on any atom is 0.253 e. The molecule has 0 aliphatic carbocycles. The third-order valence-corrected chi connectivity index (χ3v) is 5.53. The molecule has 0 saturated carbocycles. The fourth-order valence-corrected chi connectivity index (χ4v) is 4.06. The molecule has 2 N–H and O–H groups in total. The highest BCUT2D eigenvalue weighted by Crippen LogP contribution is 2.28. The molecule has 3 heterocycles. The van der Waals surface area contributed by atoms with Crippen LogP contribution in [0.3, 0.4) is 0 Å². The lowest BCUT2D eigenvalue weighted by Crippen LogP contribution is -2.59. The fraction of sp³-hybridized carbons (Fsp3) is 0.500. The van der Waals surface area contributed by atoms with Crippen LogP contribution in [0.15, 0.2) is 36.3 Å². The van der Waals surface area contributed by atoms with Crippen molar-refractivity contribution in [2.24, 2.45) is 5.73 Å². The van der Waals surface area contributed by atoms with E-state index in [-0.39, 0.29) is 18.0 Å². The van der Waals surface area contributed by atoms with Crippen molar-refractivity contribution in [1.29, 1.82) is 5.26 Å². The number of piperidine rings is 1. The van der Waals surface area contributed by atoms with Crippen molar-refractivity contribution in [2.45, 2.75) is 31.5 Å². The van der Waals surface area contributed by atoms with E-state index in [1.165, 1.54) is 0 Å². The first-order valence-electron chi connectivity index (χ1n) is 9.52. The van der Waals surface area contributed by atoms with Gasteiger partial charge < -0.3 is 20.3 Å². The second-order valence-corrected chi connectivity index (χ2v) is 7.36. The first kappa shape index (κ1) is 17.8. The summed E-state index contributed by atoms with van der Waals surface area (Å²) in [4.78, 5) is 19.4. The standard InChI is InChI=1S/C20H25N5O2/c21-10-15-4-1-2-5-16(15)11-25-19(24-7-3-6-17(22)12-24)13-23-8-9-27-14-18(23)20(25)26/h1-2,4-5,13,17-18H,3,6-9,11-12,14,22H2/t17-,18?/m1/s1. The lowest BCUT2D eigenvalue weighted by Gasteiger charge is -2.46. The highest BCUT2D eigenvalue weighted by Gasteiger charge is 2.39. The van der Waals surface area contributed by atoms with Crippen molar-refractivity contribution in [2.75, 3.05) is 32.8 Å². The maximum atomic E-state index is 13.3. The number of nitrogens with two attached hydrogens (primary N) is 1. The zero-order valence-electron chi connectivity index (χ0n) is 15.4. The number of hydrogen-bond donors (Lipinski definition) is 1. The van der Waals surface area contributed by atoms with E-state index in [0.29, 0.717) is 31.9 Å². The van der Waals surface area contributed by atoms with E-state index in [4.69, 9.17) is 10.5 Å². The summed E-state index contributed by atoms with van der Waals surface area (Å²) in [5.41, 5.74) is 7.64. The van der Waals surface area contributed by atoms with Crippen LogP contribution >= 0.6 is 0 Å². The number of carbonyl (C=O) groups excluding carboxylic acids is 1. The third-order valence-electron chi connectivity index (χ3n) is 5.53. The molecule has 142 valence electrons. The summed E-state index contributed by atoms with van der Waals surface area (Å²) in [7, 11) is 0. The summed E-state index contributed by atoms with van der Waals surface area (Å²) in [5.74, 6) is 0.917. The minimum Gasteiger partial charge on any atom is -0.377 e. The van der Waals surface area contributed by atoms with Gasteiger partial charge in [0, 0.05) is 31.9 Å². The Morgan fingerprint density at radius 2 is 2.15 bits per heavy atom. The molecule has 27 heavy (non-hydrogen) atoms. The summed E-state index contributed by atoms with van der Waals surface area (Å²) in [6.45, 7) is 3.75. The minimum atomic E-state index is -0.296.